The molecule has 0 saturated heterocycles. The molecule has 0 atom stereocenters. The van der Waals surface area contributed by atoms with Crippen LogP contribution in [0.2, 0.25) is 0 Å². The first-order valence-corrected chi connectivity index (χ1v) is 7.70. The highest BCUT2D eigenvalue weighted by Crippen LogP contribution is 2.15. The molecule has 0 aliphatic carbocycles. The van der Waals surface area contributed by atoms with Gasteiger partial charge in [0.15, 0.2) is 0 Å². The molecule has 0 amide bonds. The van der Waals surface area contributed by atoms with Gasteiger partial charge in [0, 0.05) is 25.0 Å². The number of aromatic nitrogens is 1. The van der Waals surface area contributed by atoms with E-state index in [0.717, 1.165) is 11.3 Å². The minimum Gasteiger partial charge on any atom is -0.326 e. The van der Waals surface area contributed by atoms with Crippen molar-refractivity contribution in [1.29, 1.82) is 0 Å². The maximum Gasteiger partial charge on any atom is 0.241 e. The number of hydrogen-bond acceptors (Lipinski definition) is 4. The van der Waals surface area contributed by atoms with Gasteiger partial charge in [0.1, 0.15) is 0 Å². The number of nitrogens with zero attached hydrogens (tertiary/aromatic N) is 1. The molecule has 3 N–H and O–H groups in total. The third kappa shape index (κ3) is 3.41. The molecule has 0 fully saturated rings. The molecule has 1 heterocycles. The van der Waals surface area contributed by atoms with Crippen molar-refractivity contribution in [3.63, 3.8) is 0 Å². The molecule has 2 rings (SSSR count). The maximum absolute atomic E-state index is 12.3. The summed E-state index contributed by atoms with van der Waals surface area (Å²) in [6, 6.07) is 10.4. The van der Waals surface area contributed by atoms with Gasteiger partial charge in [0.25, 0.3) is 0 Å². The second-order valence-corrected chi connectivity index (χ2v) is 6.18. The molecule has 0 saturated carbocycles. The van der Waals surface area contributed by atoms with Crippen LogP contribution in [0, 0.1) is 6.92 Å². The highest BCUT2D eigenvalue weighted by atomic mass is 32.2. The van der Waals surface area contributed by atoms with Gasteiger partial charge in [-0.25, -0.2) is 13.1 Å². The van der Waals surface area contributed by atoms with E-state index in [2.05, 4.69) is 9.71 Å². The summed E-state index contributed by atoms with van der Waals surface area (Å²) in [5, 5.41) is 0. The summed E-state index contributed by atoms with van der Waals surface area (Å²) in [6.45, 7) is 2.27. The number of nitrogens with one attached hydrogen (secondary N) is 1. The fraction of sp³-hybridized carbons (Fsp3) is 0.214. The summed E-state index contributed by atoms with van der Waals surface area (Å²) >= 11 is 0. The van der Waals surface area contributed by atoms with Crippen molar-refractivity contribution in [2.75, 3.05) is 0 Å². The van der Waals surface area contributed by atoms with Gasteiger partial charge in [0.2, 0.25) is 10.0 Å². The predicted octanol–water partition coefficient (Wildman–Crippen LogP) is 1.33. The molecular weight excluding hydrogens is 274 g/mol. The molecule has 1 aromatic heterocycles. The van der Waals surface area contributed by atoms with Crippen LogP contribution in [0.15, 0.2) is 47.5 Å². The zero-order valence-corrected chi connectivity index (χ0v) is 12.0. The molecule has 0 bridgehead atoms. The Labute approximate surface area is 118 Å². The van der Waals surface area contributed by atoms with Gasteiger partial charge in [-0.15, -0.1) is 0 Å². The van der Waals surface area contributed by atoms with Crippen LogP contribution >= 0.6 is 0 Å². The van der Waals surface area contributed by atoms with E-state index in [1.54, 1.807) is 30.5 Å². The standard InChI is InChI=1S/C14H17N3O2S/c1-11-6-7-12(9-16-11)10-17-20(18,19)14-5-3-2-4-13(14)8-15/h2-7,9,17H,8,10,15H2,1H3. The van der Waals surface area contributed by atoms with E-state index in [9.17, 15) is 8.42 Å². The molecule has 0 aliphatic rings. The van der Waals surface area contributed by atoms with E-state index in [1.807, 2.05) is 19.1 Å². The predicted molar refractivity (Wildman–Crippen MR) is 77.3 cm³/mol. The minimum atomic E-state index is -3.57. The molecule has 6 heteroatoms. The van der Waals surface area contributed by atoms with Gasteiger partial charge in [-0.2, -0.15) is 0 Å². The zero-order valence-electron chi connectivity index (χ0n) is 11.2. The van der Waals surface area contributed by atoms with Crippen LogP contribution in [0.3, 0.4) is 0 Å². The first-order chi connectivity index (χ1) is 9.53. The van der Waals surface area contributed by atoms with Crippen LogP contribution in [0.25, 0.3) is 0 Å². The molecular formula is C14H17N3O2S. The number of nitrogens with two attached hydrogens (primary N) is 1. The van der Waals surface area contributed by atoms with E-state index >= 15 is 0 Å². The first kappa shape index (κ1) is 14.6. The third-order valence-corrected chi connectivity index (χ3v) is 4.42. The molecule has 0 radical (unpaired) electrons. The molecule has 1 aromatic carbocycles. The van der Waals surface area contributed by atoms with Gasteiger partial charge in [0.05, 0.1) is 4.90 Å². The van der Waals surface area contributed by atoms with Crippen molar-refractivity contribution in [3.8, 4) is 0 Å². The number of sulfonamides is 1. The number of rotatable bonds is 5. The summed E-state index contributed by atoms with van der Waals surface area (Å²) in [5.41, 5.74) is 7.87. The molecule has 5 nitrogen and oxygen atoms in total. The van der Waals surface area contributed by atoms with Gasteiger partial charge >= 0.3 is 0 Å². The molecule has 0 spiro atoms. The van der Waals surface area contributed by atoms with Gasteiger partial charge < -0.3 is 5.73 Å². The quantitative estimate of drug-likeness (QED) is 0.870. The average molecular weight is 291 g/mol. The Hall–Kier alpha value is -1.76. The molecule has 20 heavy (non-hydrogen) atoms. The lowest BCUT2D eigenvalue weighted by Crippen LogP contribution is -2.24. The lowest BCUT2D eigenvalue weighted by molar-refractivity contribution is 0.580. The summed E-state index contributed by atoms with van der Waals surface area (Å²) < 4.78 is 27.1. The number of aryl methyl sites for hydroxylation is 1. The van der Waals surface area contributed by atoms with Crippen LogP contribution in [0.1, 0.15) is 16.8 Å². The van der Waals surface area contributed by atoms with E-state index in [0.29, 0.717) is 5.56 Å². The van der Waals surface area contributed by atoms with Gasteiger partial charge in [-0.05, 0) is 30.2 Å². The normalized spacial score (nSPS) is 11.5. The Kier molecular flexibility index (Phi) is 4.49. The topological polar surface area (TPSA) is 85.1 Å². The van der Waals surface area contributed by atoms with Crippen LogP contribution in [-0.2, 0) is 23.1 Å². The highest BCUT2D eigenvalue weighted by molar-refractivity contribution is 7.89. The monoisotopic (exact) mass is 291 g/mol. The Morgan fingerprint density at radius 1 is 1.20 bits per heavy atom. The van der Waals surface area contributed by atoms with Crippen molar-refractivity contribution in [1.82, 2.24) is 9.71 Å². The van der Waals surface area contributed by atoms with Crippen LogP contribution in [-0.4, -0.2) is 13.4 Å². The van der Waals surface area contributed by atoms with Gasteiger partial charge in [-0.1, -0.05) is 24.3 Å². The largest absolute Gasteiger partial charge is 0.326 e. The lowest BCUT2D eigenvalue weighted by atomic mass is 10.2. The molecule has 0 unspecified atom stereocenters. The lowest BCUT2D eigenvalue weighted by Gasteiger charge is -2.10. The van der Waals surface area contributed by atoms with Crippen molar-refractivity contribution in [2.45, 2.75) is 24.9 Å². The Bertz CT molecular complexity index is 682. The average Bonchev–Trinajstić information content (AvgIpc) is 2.46. The molecule has 0 aliphatic heterocycles. The van der Waals surface area contributed by atoms with E-state index in [4.69, 9.17) is 5.73 Å². The maximum atomic E-state index is 12.3. The first-order valence-electron chi connectivity index (χ1n) is 6.22. The van der Waals surface area contributed by atoms with Crippen molar-refractivity contribution in [2.24, 2.45) is 5.73 Å². The highest BCUT2D eigenvalue weighted by Gasteiger charge is 2.16. The second-order valence-electron chi connectivity index (χ2n) is 4.44. The Morgan fingerprint density at radius 3 is 2.60 bits per heavy atom. The van der Waals surface area contributed by atoms with Crippen molar-refractivity contribution in [3.05, 3.63) is 59.4 Å². The molecule has 106 valence electrons. The summed E-state index contributed by atoms with van der Waals surface area (Å²) in [6.07, 6.45) is 1.66. The number of pyridine rings is 1. The van der Waals surface area contributed by atoms with Crippen molar-refractivity contribution < 1.29 is 8.42 Å². The SMILES string of the molecule is Cc1ccc(CNS(=O)(=O)c2ccccc2CN)cn1. The fourth-order valence-electron chi connectivity index (χ4n) is 1.79. The van der Waals surface area contributed by atoms with Crippen molar-refractivity contribution >= 4 is 10.0 Å². The third-order valence-electron chi connectivity index (χ3n) is 2.92. The summed E-state index contributed by atoms with van der Waals surface area (Å²) in [4.78, 5) is 4.36. The number of benzene rings is 1. The van der Waals surface area contributed by atoms with Crippen LogP contribution in [0.5, 0.6) is 0 Å². The fourth-order valence-corrected chi connectivity index (χ4v) is 3.06. The zero-order chi connectivity index (χ0) is 14.6. The summed E-state index contributed by atoms with van der Waals surface area (Å²) in [7, 11) is -3.57. The summed E-state index contributed by atoms with van der Waals surface area (Å²) in [5.74, 6) is 0. The van der Waals surface area contributed by atoms with Crippen LogP contribution in [0.4, 0.5) is 0 Å². The smallest absolute Gasteiger partial charge is 0.241 e. The van der Waals surface area contributed by atoms with Gasteiger partial charge in [-0.3, -0.25) is 4.98 Å². The Morgan fingerprint density at radius 2 is 1.95 bits per heavy atom. The van der Waals surface area contributed by atoms with E-state index in [1.165, 1.54) is 0 Å². The van der Waals surface area contributed by atoms with E-state index < -0.39 is 10.0 Å². The second kappa shape index (κ2) is 6.13. The molecule has 2 aromatic rings. The number of hydrogen-bond donors (Lipinski definition) is 2. The Balaban J connectivity index is 2.17. The minimum absolute atomic E-state index is 0.184. The van der Waals surface area contributed by atoms with E-state index in [-0.39, 0.29) is 18.0 Å². The van der Waals surface area contributed by atoms with Crippen LogP contribution < -0.4 is 10.5 Å².